The molecule has 10 nitrogen and oxygen atoms in total. The second-order valence-electron chi connectivity index (χ2n) is 8.64. The van der Waals surface area contributed by atoms with Gasteiger partial charge in [-0.05, 0) is 55.5 Å². The lowest BCUT2D eigenvalue weighted by Gasteiger charge is -2.36. The monoisotopic (exact) mass is 559 g/mol. The summed E-state index contributed by atoms with van der Waals surface area (Å²) in [5, 5.41) is 0.710. The van der Waals surface area contributed by atoms with Crippen LogP contribution < -0.4 is 10.1 Å². The molecule has 3 aromatic rings. The number of nitrogens with zero attached hydrogens (tertiary/aromatic N) is 2. The topological polar surface area (TPSA) is 126 Å². The predicted molar refractivity (Wildman–Crippen MR) is 138 cm³/mol. The molecule has 1 N–H and O–H groups in total. The summed E-state index contributed by atoms with van der Waals surface area (Å²) >= 11 is 5.89. The van der Waals surface area contributed by atoms with Gasteiger partial charge in [-0.1, -0.05) is 29.3 Å². The Kier molecular flexibility index (Phi) is 8.38. The highest BCUT2D eigenvalue weighted by molar-refractivity contribution is 7.92. The van der Waals surface area contributed by atoms with Gasteiger partial charge in [0.15, 0.2) is 12.4 Å². The van der Waals surface area contributed by atoms with Crippen molar-refractivity contribution in [1.82, 2.24) is 15.1 Å². The first kappa shape index (κ1) is 27.2. The molecule has 0 bridgehead atoms. The van der Waals surface area contributed by atoms with Crippen molar-refractivity contribution in [1.29, 1.82) is 0 Å². The van der Waals surface area contributed by atoms with E-state index in [-0.39, 0.29) is 49.3 Å². The first-order valence-electron chi connectivity index (χ1n) is 11.7. The van der Waals surface area contributed by atoms with Gasteiger partial charge in [0.25, 0.3) is 17.7 Å². The lowest BCUT2D eigenvalue weighted by Crippen LogP contribution is -2.58. The summed E-state index contributed by atoms with van der Waals surface area (Å²) in [6.07, 6.45) is 1.26. The molecule has 0 aliphatic carbocycles. The number of hydrogen-bond acceptors (Lipinski definition) is 7. The number of halogens is 1. The molecule has 12 heteroatoms. The van der Waals surface area contributed by atoms with Crippen molar-refractivity contribution in [3.8, 4) is 5.75 Å². The van der Waals surface area contributed by atoms with Gasteiger partial charge in [-0.3, -0.25) is 14.4 Å². The van der Waals surface area contributed by atoms with E-state index in [1.54, 1.807) is 17.0 Å². The number of furan rings is 1. The maximum atomic E-state index is 13.5. The lowest BCUT2D eigenvalue weighted by molar-refractivity contribution is -0.140. The van der Waals surface area contributed by atoms with Gasteiger partial charge in [0.1, 0.15) is 5.75 Å². The zero-order chi connectivity index (χ0) is 27.3. The minimum atomic E-state index is -4.35. The van der Waals surface area contributed by atoms with Crippen LogP contribution in [-0.4, -0.2) is 74.1 Å². The van der Waals surface area contributed by atoms with Crippen LogP contribution in [0.3, 0.4) is 0 Å². The van der Waals surface area contributed by atoms with E-state index in [1.165, 1.54) is 47.6 Å². The van der Waals surface area contributed by atoms with E-state index in [0.717, 1.165) is 5.56 Å². The number of piperazine rings is 1. The first-order chi connectivity index (χ1) is 18.1. The van der Waals surface area contributed by atoms with Gasteiger partial charge in [-0.25, -0.2) is 8.42 Å². The maximum Gasteiger partial charge on any atom is 0.288 e. The standard InChI is InChI=1S/C26H26ClN3O7S/c1-18-4-8-20(9-5-18)37-17-23(31)29-12-14-30(15-13-29)26(33)25(28-24(32)22-3-2-16-36-22)38(34,35)21-10-6-19(27)7-11-21/h2-11,16,25H,12-15,17H2,1H3,(H,28,32)/t25-/m0/s1. The van der Waals surface area contributed by atoms with Gasteiger partial charge >= 0.3 is 0 Å². The molecule has 1 fully saturated rings. The van der Waals surface area contributed by atoms with Crippen LogP contribution in [0.15, 0.2) is 76.2 Å². The number of hydrogen-bond donors (Lipinski definition) is 1. The number of aryl methyl sites for hydroxylation is 1. The summed E-state index contributed by atoms with van der Waals surface area (Å²) in [4.78, 5) is 41.4. The molecule has 3 amide bonds. The molecule has 1 aliphatic heterocycles. The fourth-order valence-electron chi connectivity index (χ4n) is 3.84. The van der Waals surface area contributed by atoms with Crippen molar-refractivity contribution in [2.45, 2.75) is 17.2 Å². The summed E-state index contributed by atoms with van der Waals surface area (Å²) < 4.78 is 37.5. The maximum absolute atomic E-state index is 13.5. The summed E-state index contributed by atoms with van der Waals surface area (Å²) in [7, 11) is -4.35. The third kappa shape index (κ3) is 6.35. The average Bonchev–Trinajstić information content (AvgIpc) is 3.46. The van der Waals surface area contributed by atoms with Crippen LogP contribution in [0.4, 0.5) is 0 Å². The highest BCUT2D eigenvalue weighted by atomic mass is 35.5. The number of carbonyl (C=O) groups excluding carboxylic acids is 3. The molecule has 1 saturated heterocycles. The number of carbonyl (C=O) groups is 3. The molecule has 1 aliphatic rings. The van der Waals surface area contributed by atoms with Crippen molar-refractivity contribution in [3.63, 3.8) is 0 Å². The predicted octanol–water partition coefficient (Wildman–Crippen LogP) is 2.52. The number of benzene rings is 2. The summed E-state index contributed by atoms with van der Waals surface area (Å²) in [6, 6.07) is 15.4. The summed E-state index contributed by atoms with van der Waals surface area (Å²) in [5.41, 5.74) is 1.07. The van der Waals surface area contributed by atoms with Gasteiger partial charge in [0.2, 0.25) is 15.2 Å². The fourth-order valence-corrected chi connectivity index (χ4v) is 5.43. The Hall–Kier alpha value is -3.83. The second-order valence-corrected chi connectivity index (χ2v) is 11.1. The van der Waals surface area contributed by atoms with Crippen molar-refractivity contribution in [2.24, 2.45) is 0 Å². The first-order valence-corrected chi connectivity index (χ1v) is 13.7. The SMILES string of the molecule is Cc1ccc(OCC(=O)N2CCN(C(=O)[C@@H](NC(=O)c3ccco3)S(=O)(=O)c3ccc(Cl)cc3)CC2)cc1. The van der Waals surface area contributed by atoms with E-state index in [2.05, 4.69) is 5.32 Å². The van der Waals surface area contributed by atoms with Gasteiger partial charge < -0.3 is 24.3 Å². The van der Waals surface area contributed by atoms with Crippen LogP contribution in [0, 0.1) is 6.92 Å². The van der Waals surface area contributed by atoms with Crippen LogP contribution in [0.2, 0.25) is 5.02 Å². The smallest absolute Gasteiger partial charge is 0.288 e. The zero-order valence-corrected chi connectivity index (χ0v) is 22.1. The highest BCUT2D eigenvalue weighted by Gasteiger charge is 2.40. The molecular weight excluding hydrogens is 534 g/mol. The Morgan fingerprint density at radius 3 is 2.21 bits per heavy atom. The Morgan fingerprint density at radius 2 is 1.61 bits per heavy atom. The summed E-state index contributed by atoms with van der Waals surface area (Å²) in [5.74, 6) is -1.50. The lowest BCUT2D eigenvalue weighted by atomic mass is 10.2. The Bertz CT molecular complexity index is 1380. The van der Waals surface area contributed by atoms with E-state index in [0.29, 0.717) is 10.8 Å². The second kappa shape index (κ2) is 11.7. The Morgan fingerprint density at radius 1 is 0.974 bits per heavy atom. The normalized spacial score (nSPS) is 14.6. The molecule has 4 rings (SSSR count). The minimum absolute atomic E-state index is 0.0817. The molecule has 0 spiro atoms. The molecule has 0 unspecified atom stereocenters. The molecule has 2 aromatic carbocycles. The molecule has 0 radical (unpaired) electrons. The number of rotatable bonds is 8. The Labute approximate surface area is 225 Å². The fraction of sp³-hybridized carbons (Fsp3) is 0.269. The molecule has 38 heavy (non-hydrogen) atoms. The van der Waals surface area contributed by atoms with Gasteiger partial charge in [-0.15, -0.1) is 0 Å². The minimum Gasteiger partial charge on any atom is -0.484 e. The summed E-state index contributed by atoms with van der Waals surface area (Å²) in [6.45, 7) is 2.31. The van der Waals surface area contributed by atoms with Crippen LogP contribution >= 0.6 is 11.6 Å². The number of amides is 3. The van der Waals surface area contributed by atoms with E-state index in [9.17, 15) is 22.8 Å². The van der Waals surface area contributed by atoms with E-state index >= 15 is 0 Å². The molecule has 200 valence electrons. The molecule has 1 atom stereocenters. The quantitative estimate of drug-likeness (QED) is 0.449. The van der Waals surface area contributed by atoms with Crippen LogP contribution in [-0.2, 0) is 19.4 Å². The van der Waals surface area contributed by atoms with Crippen molar-refractivity contribution in [2.75, 3.05) is 32.8 Å². The molecule has 1 aromatic heterocycles. The van der Waals surface area contributed by atoms with Crippen LogP contribution in [0.25, 0.3) is 0 Å². The van der Waals surface area contributed by atoms with Gasteiger partial charge in [-0.2, -0.15) is 0 Å². The largest absolute Gasteiger partial charge is 0.484 e. The number of ether oxygens (including phenoxy) is 1. The number of nitrogens with one attached hydrogen (secondary N) is 1. The van der Waals surface area contributed by atoms with Crippen molar-refractivity contribution < 1.29 is 32.0 Å². The molecule has 0 saturated carbocycles. The third-order valence-electron chi connectivity index (χ3n) is 6.01. The number of sulfone groups is 1. The van der Waals surface area contributed by atoms with Crippen molar-refractivity contribution in [3.05, 3.63) is 83.3 Å². The molecule has 2 heterocycles. The Balaban J connectivity index is 1.44. The van der Waals surface area contributed by atoms with E-state index < -0.39 is 27.0 Å². The van der Waals surface area contributed by atoms with Crippen LogP contribution in [0.5, 0.6) is 5.75 Å². The van der Waals surface area contributed by atoms with Gasteiger partial charge in [0.05, 0.1) is 11.2 Å². The average molecular weight is 560 g/mol. The third-order valence-corrected chi connectivity index (χ3v) is 8.13. The highest BCUT2D eigenvalue weighted by Crippen LogP contribution is 2.21. The van der Waals surface area contributed by atoms with E-state index in [1.807, 2.05) is 19.1 Å². The zero-order valence-electron chi connectivity index (χ0n) is 20.5. The van der Waals surface area contributed by atoms with Gasteiger partial charge in [0, 0.05) is 31.2 Å². The van der Waals surface area contributed by atoms with Crippen LogP contribution in [0.1, 0.15) is 16.1 Å². The molecular formula is C26H26ClN3O7S. The van der Waals surface area contributed by atoms with Crippen molar-refractivity contribution >= 4 is 39.2 Å². The van der Waals surface area contributed by atoms with E-state index in [4.69, 9.17) is 20.8 Å².